The maximum Gasteiger partial charge on any atom is 0.0342 e. The van der Waals surface area contributed by atoms with E-state index in [0.717, 1.165) is 22.3 Å². The Hall–Kier alpha value is -1.53. The van der Waals surface area contributed by atoms with Gasteiger partial charge < -0.3 is 6.92 Å². The molecule has 22 heavy (non-hydrogen) atoms. The second-order valence-electron chi connectivity index (χ2n) is 6.47. The topological polar surface area (TPSA) is 0 Å². The van der Waals surface area contributed by atoms with Gasteiger partial charge in [-0.15, -0.1) is 5.41 Å². The first-order valence-electron chi connectivity index (χ1n) is 7.41. The predicted octanol–water partition coefficient (Wildman–Crippen LogP) is 6.27. The van der Waals surface area contributed by atoms with E-state index in [1.165, 1.54) is 27.8 Å². The molecule has 116 valence electrons. The molecular weight excluding hydrogens is 288 g/mol. The molecular formula is C21H24Cl-. The summed E-state index contributed by atoms with van der Waals surface area (Å²) in [6.45, 7) is 29.6. The van der Waals surface area contributed by atoms with Crippen molar-refractivity contribution in [2.24, 2.45) is 0 Å². The van der Waals surface area contributed by atoms with Crippen molar-refractivity contribution in [3.8, 4) is 0 Å². The lowest BCUT2D eigenvalue weighted by Gasteiger charge is -2.48. The molecule has 0 heterocycles. The van der Waals surface area contributed by atoms with Crippen molar-refractivity contribution < 1.29 is 0 Å². The van der Waals surface area contributed by atoms with Crippen LogP contribution >= 0.6 is 11.6 Å². The lowest BCUT2D eigenvalue weighted by molar-refractivity contribution is 0.617. The Morgan fingerprint density at radius 1 is 1.00 bits per heavy atom. The molecule has 0 aromatic heterocycles. The molecule has 1 atom stereocenters. The third-order valence-electron chi connectivity index (χ3n) is 5.31. The molecule has 1 aromatic rings. The van der Waals surface area contributed by atoms with Crippen molar-refractivity contribution in [3.63, 3.8) is 0 Å². The molecule has 0 amide bonds. The summed E-state index contributed by atoms with van der Waals surface area (Å²) in [7, 11) is 0. The van der Waals surface area contributed by atoms with Gasteiger partial charge in [-0.05, 0) is 73.1 Å². The summed E-state index contributed by atoms with van der Waals surface area (Å²) < 4.78 is 0. The number of benzene rings is 1. The van der Waals surface area contributed by atoms with Crippen LogP contribution in [0, 0.1) is 34.6 Å². The fourth-order valence-corrected chi connectivity index (χ4v) is 3.72. The average Bonchev–Trinajstić information content (AvgIpc) is 2.45. The smallest absolute Gasteiger partial charge is 0.0342 e. The minimum Gasteiger partial charge on any atom is -0.328 e. The van der Waals surface area contributed by atoms with Crippen LogP contribution < -0.4 is 0 Å². The molecule has 0 spiro atoms. The summed E-state index contributed by atoms with van der Waals surface area (Å²) in [5, 5.41) is 0.455. The van der Waals surface area contributed by atoms with Crippen molar-refractivity contribution in [1.29, 1.82) is 0 Å². The van der Waals surface area contributed by atoms with Gasteiger partial charge in [0.25, 0.3) is 0 Å². The molecule has 0 aliphatic heterocycles. The molecule has 0 fully saturated rings. The van der Waals surface area contributed by atoms with Crippen LogP contribution in [0.3, 0.4) is 0 Å². The minimum atomic E-state index is -0.528. The highest BCUT2D eigenvalue weighted by Crippen LogP contribution is 2.52. The van der Waals surface area contributed by atoms with Crippen molar-refractivity contribution in [3.05, 3.63) is 82.8 Å². The molecule has 1 aromatic carbocycles. The highest BCUT2D eigenvalue weighted by Gasteiger charge is 2.35. The van der Waals surface area contributed by atoms with Crippen LogP contribution in [0.15, 0.2) is 42.5 Å². The second kappa shape index (κ2) is 5.28. The molecule has 1 aliphatic rings. The lowest BCUT2D eigenvalue weighted by atomic mass is 9.61. The Morgan fingerprint density at radius 3 is 2.00 bits per heavy atom. The van der Waals surface area contributed by atoms with Crippen LogP contribution in [0.2, 0.25) is 0 Å². The van der Waals surface area contributed by atoms with Gasteiger partial charge in [0, 0.05) is 5.03 Å². The van der Waals surface area contributed by atoms with Crippen LogP contribution in [0.1, 0.15) is 39.8 Å². The number of hydrogen-bond acceptors (Lipinski definition) is 0. The third kappa shape index (κ3) is 2.13. The Kier molecular flexibility index (Phi) is 4.04. The molecule has 0 saturated heterocycles. The lowest BCUT2D eigenvalue weighted by Crippen LogP contribution is -2.32. The van der Waals surface area contributed by atoms with Crippen molar-refractivity contribution >= 4 is 17.2 Å². The minimum absolute atomic E-state index is 0.455. The highest BCUT2D eigenvalue weighted by atomic mass is 35.5. The summed E-state index contributed by atoms with van der Waals surface area (Å²) in [4.78, 5) is 0. The quantitative estimate of drug-likeness (QED) is 0.446. The van der Waals surface area contributed by atoms with Crippen LogP contribution in [-0.4, -0.2) is 0 Å². The normalized spacial score (nSPS) is 20.8. The van der Waals surface area contributed by atoms with Crippen molar-refractivity contribution in [2.45, 2.75) is 39.5 Å². The van der Waals surface area contributed by atoms with E-state index in [2.05, 4.69) is 60.9 Å². The van der Waals surface area contributed by atoms with E-state index in [0.29, 0.717) is 11.5 Å². The SMILES string of the molecule is C=C(Cl)C(=C)C1([CH2-])CC(=C)C(=C)c2c(C)c(C)c(C)c(C)c21. The van der Waals surface area contributed by atoms with Gasteiger partial charge in [0.2, 0.25) is 0 Å². The van der Waals surface area contributed by atoms with Gasteiger partial charge >= 0.3 is 0 Å². The Bertz CT molecular complexity index is 746. The monoisotopic (exact) mass is 311 g/mol. The van der Waals surface area contributed by atoms with Gasteiger partial charge in [0.05, 0.1) is 0 Å². The summed E-state index contributed by atoms with van der Waals surface area (Å²) in [6.07, 6.45) is 0.673. The fraction of sp³-hybridized carbons (Fsp3) is 0.286. The first kappa shape index (κ1) is 16.8. The number of allylic oxidation sites excluding steroid dienone is 4. The first-order valence-corrected chi connectivity index (χ1v) is 7.79. The molecule has 0 saturated carbocycles. The van der Waals surface area contributed by atoms with Gasteiger partial charge in [-0.1, -0.05) is 49.1 Å². The van der Waals surface area contributed by atoms with Crippen LogP contribution in [-0.2, 0) is 5.41 Å². The molecule has 0 nitrogen and oxygen atoms in total. The average molecular weight is 312 g/mol. The number of fused-ring (bicyclic) bond motifs is 1. The summed E-state index contributed by atoms with van der Waals surface area (Å²) in [5.41, 5.74) is 9.63. The zero-order valence-electron chi connectivity index (χ0n) is 14.1. The molecule has 0 radical (unpaired) electrons. The number of halogens is 1. The predicted molar refractivity (Wildman–Crippen MR) is 99.3 cm³/mol. The molecule has 1 aliphatic carbocycles. The van der Waals surface area contributed by atoms with E-state index < -0.39 is 5.41 Å². The Morgan fingerprint density at radius 2 is 1.50 bits per heavy atom. The van der Waals surface area contributed by atoms with Gasteiger partial charge in [-0.25, -0.2) is 0 Å². The molecule has 2 rings (SSSR count). The molecule has 1 heteroatoms. The number of hydrogen-bond donors (Lipinski definition) is 0. The molecule has 0 N–H and O–H groups in total. The maximum absolute atomic E-state index is 6.18. The summed E-state index contributed by atoms with van der Waals surface area (Å²) >= 11 is 6.18. The van der Waals surface area contributed by atoms with E-state index in [1.54, 1.807) is 0 Å². The third-order valence-corrected chi connectivity index (χ3v) is 5.54. The van der Waals surface area contributed by atoms with Gasteiger partial charge in [0.1, 0.15) is 0 Å². The van der Waals surface area contributed by atoms with Crippen LogP contribution in [0.4, 0.5) is 0 Å². The maximum atomic E-state index is 6.18. The zero-order chi connectivity index (χ0) is 17.0. The largest absolute Gasteiger partial charge is 0.328 e. The number of rotatable bonds is 2. The zero-order valence-corrected chi connectivity index (χ0v) is 14.9. The van der Waals surface area contributed by atoms with E-state index >= 15 is 0 Å². The first-order chi connectivity index (χ1) is 10.0. The van der Waals surface area contributed by atoms with E-state index in [1.807, 2.05) is 0 Å². The van der Waals surface area contributed by atoms with Crippen LogP contribution in [0.5, 0.6) is 0 Å². The summed E-state index contributed by atoms with van der Waals surface area (Å²) in [6, 6.07) is 0. The highest BCUT2D eigenvalue weighted by molar-refractivity contribution is 6.31. The van der Waals surface area contributed by atoms with E-state index in [9.17, 15) is 0 Å². The van der Waals surface area contributed by atoms with Crippen molar-refractivity contribution in [2.75, 3.05) is 0 Å². The van der Waals surface area contributed by atoms with Crippen LogP contribution in [0.25, 0.3) is 5.57 Å². The molecule has 0 bridgehead atoms. The van der Waals surface area contributed by atoms with Gasteiger partial charge in [-0.3, -0.25) is 0 Å². The fourth-order valence-electron chi connectivity index (χ4n) is 3.54. The second-order valence-corrected chi connectivity index (χ2v) is 6.93. The van der Waals surface area contributed by atoms with E-state index in [-0.39, 0.29) is 0 Å². The Labute approximate surface area is 139 Å². The standard InChI is InChI=1S/C21H24Cl/c1-11-10-21(9,17(7)18(8)22)20-16(6)14(4)13(3)15(5)19(20)12(11)2/h1-2,7-10H2,3-6H3/q-1. The summed E-state index contributed by atoms with van der Waals surface area (Å²) in [5.74, 6) is 0. The van der Waals surface area contributed by atoms with Gasteiger partial charge in [0.15, 0.2) is 0 Å². The van der Waals surface area contributed by atoms with E-state index in [4.69, 9.17) is 11.6 Å². The molecule has 1 unspecified atom stereocenters. The van der Waals surface area contributed by atoms with Crippen molar-refractivity contribution in [1.82, 2.24) is 0 Å². The Balaban J connectivity index is 2.97. The van der Waals surface area contributed by atoms with Gasteiger partial charge in [-0.2, -0.15) is 0 Å².